The van der Waals surface area contributed by atoms with Gasteiger partial charge in [0.2, 0.25) is 0 Å². The van der Waals surface area contributed by atoms with E-state index >= 15 is 0 Å². The Labute approximate surface area is 190 Å². The molecular formula is C21H30F6HfO2. The summed E-state index contributed by atoms with van der Waals surface area (Å²) in [5.74, 6) is 0. The molecule has 0 fully saturated rings. The number of rotatable bonds is 0. The van der Waals surface area contributed by atoms with Gasteiger partial charge in [-0.15, -0.1) is 24.0 Å². The maximum atomic E-state index is 11.6. The van der Waals surface area contributed by atoms with E-state index in [9.17, 15) is 26.3 Å². The second-order valence-corrected chi connectivity index (χ2v) is 10.2. The van der Waals surface area contributed by atoms with E-state index < -0.39 is 23.5 Å². The van der Waals surface area contributed by atoms with Crippen LogP contribution in [0.15, 0.2) is 35.5 Å². The van der Waals surface area contributed by atoms with Crippen LogP contribution in [0.1, 0.15) is 54.4 Å². The second-order valence-electron chi connectivity index (χ2n) is 6.61. The molecule has 0 aromatic heterocycles. The van der Waals surface area contributed by atoms with Crippen LogP contribution < -0.4 is 0 Å². The third kappa shape index (κ3) is 29.4. The van der Waals surface area contributed by atoms with Crippen LogP contribution in [0.5, 0.6) is 0 Å². The van der Waals surface area contributed by atoms with Crippen molar-refractivity contribution >= 4 is 3.26 Å². The predicted molar refractivity (Wildman–Crippen MR) is 104 cm³/mol. The average Bonchev–Trinajstić information content (AvgIpc) is 3.19. The van der Waals surface area contributed by atoms with E-state index in [1.165, 1.54) is 23.9 Å². The molecule has 0 unspecified atom stereocenters. The predicted octanol–water partition coefficient (Wildman–Crippen LogP) is 6.00. The molecule has 0 atom stereocenters. The van der Waals surface area contributed by atoms with Gasteiger partial charge in [0.05, 0.1) is 0 Å². The molecule has 172 valence electrons. The van der Waals surface area contributed by atoms with Gasteiger partial charge in [-0.1, -0.05) is 0 Å². The van der Waals surface area contributed by atoms with Gasteiger partial charge < -0.3 is 10.2 Å². The Hall–Kier alpha value is -0.800. The zero-order valence-corrected chi connectivity index (χ0v) is 21.6. The summed E-state index contributed by atoms with van der Waals surface area (Å²) < 4.78 is 71.3. The van der Waals surface area contributed by atoms with Gasteiger partial charge in [0.1, 0.15) is 0 Å². The minimum Gasteiger partial charge on any atom is -0.272 e. The molecule has 0 heterocycles. The Morgan fingerprint density at radius 3 is 1.07 bits per heavy atom. The fourth-order valence-electron chi connectivity index (χ4n) is 1.19. The number of halogens is 6. The maximum absolute atomic E-state index is 11.6. The summed E-state index contributed by atoms with van der Waals surface area (Å²) in [4.78, 5) is 0. The molecule has 0 aliphatic heterocycles. The number of aliphatic hydroxyl groups is 2. The largest absolute Gasteiger partial charge is 0.348 e. The molecule has 0 amide bonds. The third-order valence-corrected chi connectivity index (χ3v) is 2.05. The van der Waals surface area contributed by atoms with Crippen LogP contribution in [0.4, 0.5) is 26.3 Å². The number of allylic oxidation sites excluding steroid dienone is 8. The van der Waals surface area contributed by atoms with Crippen molar-refractivity contribution in [2.24, 2.45) is 0 Å². The zero-order valence-electron chi connectivity index (χ0n) is 18.0. The molecule has 0 spiro atoms. The molecule has 0 saturated heterocycles. The molecule has 2 aliphatic carbocycles. The summed E-state index contributed by atoms with van der Waals surface area (Å²) in [6.45, 7) is 11.2. The van der Waals surface area contributed by atoms with E-state index in [1.54, 1.807) is 31.0 Å². The van der Waals surface area contributed by atoms with Crippen molar-refractivity contribution in [2.45, 2.75) is 78.9 Å². The summed E-state index contributed by atoms with van der Waals surface area (Å²) in [6.07, 6.45) is 0.935. The quantitative estimate of drug-likeness (QED) is 0.202. The summed E-state index contributed by atoms with van der Waals surface area (Å²) in [6, 6.07) is 0. The molecule has 2 aliphatic rings. The van der Waals surface area contributed by atoms with Crippen LogP contribution >= 0.6 is 0 Å². The van der Waals surface area contributed by atoms with Crippen molar-refractivity contribution in [1.82, 2.24) is 0 Å². The first-order valence-electron chi connectivity index (χ1n) is 8.97. The van der Waals surface area contributed by atoms with Crippen molar-refractivity contribution in [1.29, 1.82) is 0 Å². The van der Waals surface area contributed by atoms with E-state index in [-0.39, 0.29) is 25.0 Å². The topological polar surface area (TPSA) is 40.5 Å². The van der Waals surface area contributed by atoms with E-state index in [0.717, 1.165) is 24.3 Å². The van der Waals surface area contributed by atoms with Gasteiger partial charge in [-0.2, -0.15) is 38.5 Å². The Balaban J connectivity index is -0.000000325. The third-order valence-electron chi connectivity index (χ3n) is 2.05. The van der Waals surface area contributed by atoms with Crippen molar-refractivity contribution < 1.29 is 60.4 Å². The first-order chi connectivity index (χ1) is 13.4. The first kappa shape index (κ1) is 33.8. The van der Waals surface area contributed by atoms with Crippen LogP contribution in [0, 0.1) is 12.2 Å². The van der Waals surface area contributed by atoms with Gasteiger partial charge in [0, 0.05) is 12.2 Å². The van der Waals surface area contributed by atoms with Gasteiger partial charge >= 0.3 is 53.3 Å². The summed E-state index contributed by atoms with van der Waals surface area (Å²) in [7, 11) is 0. The summed E-state index contributed by atoms with van der Waals surface area (Å²) in [5.41, 5.74) is -1.16. The molecule has 2 N–H and O–H groups in total. The van der Waals surface area contributed by atoms with Crippen LogP contribution in [0.3, 0.4) is 0 Å². The van der Waals surface area contributed by atoms with Gasteiger partial charge in [0.25, 0.3) is 0 Å². The molecule has 0 aromatic carbocycles. The zero-order chi connectivity index (χ0) is 24.5. The van der Waals surface area contributed by atoms with Gasteiger partial charge in [-0.3, -0.25) is 12.2 Å². The normalized spacial score (nSPS) is 14.3. The minimum absolute atomic E-state index is 0.167. The van der Waals surface area contributed by atoms with Crippen molar-refractivity contribution in [3.8, 4) is 0 Å². The van der Waals surface area contributed by atoms with Crippen LogP contribution in [0.2, 0.25) is 0 Å². The van der Waals surface area contributed by atoms with Crippen LogP contribution in [-0.4, -0.2) is 38.0 Å². The van der Waals surface area contributed by atoms with E-state index in [2.05, 4.69) is 26.0 Å². The summed E-state index contributed by atoms with van der Waals surface area (Å²) in [5, 5.41) is 16.1. The van der Waals surface area contributed by atoms with Crippen LogP contribution in [0.25, 0.3) is 0 Å². The minimum atomic E-state index is -4.18. The molecule has 2 nitrogen and oxygen atoms in total. The SMILES string of the molecule is CC(C)O.CC(C)O.C[C](C)=[Hf+2].FC(F)(F)C1=CC[C-]=C1.FC(F)(F)C1=CC[C-]=C1. The van der Waals surface area contributed by atoms with Crippen LogP contribution in [-0.2, 0) is 23.9 Å². The summed E-state index contributed by atoms with van der Waals surface area (Å²) >= 11 is 1.27. The standard InChI is InChI=1S/2C6H4F3.2C3H8O.C3H6.Hf/c2*7-6(8,9)5-3-1-2-4-5;2*1-3(2)4;1-3-2;/h2*3-4H,1H2;2*3-4H,1-2H3;1-2H3;/q2*-1;;;;+2. The fraction of sp³-hybridized carbons (Fsp3) is 0.571. The molecule has 0 saturated carbocycles. The smallest absolute Gasteiger partial charge is 0.272 e. The van der Waals surface area contributed by atoms with E-state index in [1.807, 2.05) is 0 Å². The Bertz CT molecular complexity index is 528. The molecule has 2 rings (SSSR count). The Morgan fingerprint density at radius 2 is 1.00 bits per heavy atom. The van der Waals surface area contributed by atoms with Gasteiger partial charge in [-0.05, 0) is 27.7 Å². The van der Waals surface area contributed by atoms with Crippen molar-refractivity contribution in [3.05, 3.63) is 47.6 Å². The fourth-order valence-corrected chi connectivity index (χ4v) is 1.19. The number of hydrogen-bond donors (Lipinski definition) is 2. The second kappa shape index (κ2) is 17.8. The maximum Gasteiger partial charge on any atom is 0.348 e. The molecular weight excluding hydrogens is 577 g/mol. The first-order valence-corrected chi connectivity index (χ1v) is 10.8. The average molecular weight is 607 g/mol. The molecule has 0 bridgehead atoms. The van der Waals surface area contributed by atoms with Crippen molar-refractivity contribution in [2.75, 3.05) is 0 Å². The van der Waals surface area contributed by atoms with Gasteiger partial charge in [-0.25, -0.2) is 12.2 Å². The number of hydrogen-bond acceptors (Lipinski definition) is 2. The van der Waals surface area contributed by atoms with Crippen molar-refractivity contribution in [3.63, 3.8) is 0 Å². The monoisotopic (exact) mass is 608 g/mol. The Kier molecular flexibility index (Phi) is 20.1. The molecule has 30 heavy (non-hydrogen) atoms. The molecule has 0 aromatic rings. The van der Waals surface area contributed by atoms with E-state index in [0.29, 0.717) is 0 Å². The molecule has 0 radical (unpaired) electrons. The van der Waals surface area contributed by atoms with E-state index in [4.69, 9.17) is 10.2 Å². The number of alkyl halides is 6. The van der Waals surface area contributed by atoms with Gasteiger partial charge in [0.15, 0.2) is 0 Å². The number of aliphatic hydroxyl groups excluding tert-OH is 2. The molecule has 9 heteroatoms. The Morgan fingerprint density at radius 1 is 0.800 bits per heavy atom.